The lowest BCUT2D eigenvalue weighted by molar-refractivity contribution is 0.302. The Kier molecular flexibility index (Phi) is 9.49. The first-order chi connectivity index (χ1) is 15.3. The Morgan fingerprint density at radius 1 is 1.12 bits per heavy atom. The minimum absolute atomic E-state index is 0.824. The van der Waals surface area contributed by atoms with Crippen molar-refractivity contribution in [2.75, 3.05) is 39.6 Å². The van der Waals surface area contributed by atoms with Gasteiger partial charge in [-0.05, 0) is 63.9 Å². The lowest BCUT2D eigenvalue weighted by Crippen LogP contribution is -2.29. The van der Waals surface area contributed by atoms with Crippen molar-refractivity contribution in [1.82, 2.24) is 14.8 Å². The van der Waals surface area contributed by atoms with E-state index < -0.39 is 0 Å². The van der Waals surface area contributed by atoms with E-state index >= 15 is 0 Å². The van der Waals surface area contributed by atoms with Crippen LogP contribution >= 0.6 is 0 Å². The molecule has 0 fully saturated rings. The van der Waals surface area contributed by atoms with Gasteiger partial charge in [0.2, 0.25) is 0 Å². The van der Waals surface area contributed by atoms with Gasteiger partial charge < -0.3 is 24.8 Å². The number of ether oxygens (including phenoxy) is 1. The van der Waals surface area contributed by atoms with Crippen LogP contribution in [0.5, 0.6) is 5.75 Å². The van der Waals surface area contributed by atoms with E-state index in [-0.39, 0.29) is 0 Å². The van der Waals surface area contributed by atoms with Gasteiger partial charge in [0.25, 0.3) is 0 Å². The minimum Gasteiger partial charge on any atom is -0.496 e. The van der Waals surface area contributed by atoms with Crippen LogP contribution in [0.15, 0.2) is 36.7 Å². The number of anilines is 1. The quantitative estimate of drug-likeness (QED) is 0.674. The summed E-state index contributed by atoms with van der Waals surface area (Å²) in [6, 6.07) is 6.29. The zero-order valence-corrected chi connectivity index (χ0v) is 20.3. The predicted molar refractivity (Wildman–Crippen MR) is 137 cm³/mol. The van der Waals surface area contributed by atoms with Gasteiger partial charge in [0.15, 0.2) is 0 Å². The number of hydrogen-bond acceptors (Lipinski definition) is 4. The van der Waals surface area contributed by atoms with E-state index in [1.54, 1.807) is 14.0 Å². The van der Waals surface area contributed by atoms with Crippen LogP contribution < -0.4 is 20.6 Å². The molecule has 0 saturated carbocycles. The van der Waals surface area contributed by atoms with Gasteiger partial charge in [-0.3, -0.25) is 0 Å². The Balaban J connectivity index is 0.00000114. The molecule has 1 aliphatic heterocycles. The van der Waals surface area contributed by atoms with Gasteiger partial charge in [0.05, 0.1) is 7.11 Å². The summed E-state index contributed by atoms with van der Waals surface area (Å²) in [4.78, 5) is 7.91. The number of nitrogens with one attached hydrogen (secondary N) is 2. The zero-order chi connectivity index (χ0) is 23.7. The Hall–Kier alpha value is -3.10. The average molecular weight is 435 g/mol. The van der Waals surface area contributed by atoms with Crippen LogP contribution in [0.3, 0.4) is 0 Å². The van der Waals surface area contributed by atoms with E-state index in [4.69, 9.17) is 4.74 Å². The maximum absolute atomic E-state index is 5.60. The molecule has 3 rings (SSSR count). The second-order valence-corrected chi connectivity index (χ2v) is 8.31. The van der Waals surface area contributed by atoms with Crippen LogP contribution in [0.25, 0.3) is 12.3 Å². The molecule has 0 amide bonds. The van der Waals surface area contributed by atoms with Crippen LogP contribution in [0.2, 0.25) is 0 Å². The van der Waals surface area contributed by atoms with Crippen molar-refractivity contribution >= 4 is 18.0 Å². The van der Waals surface area contributed by atoms with Crippen molar-refractivity contribution in [2.45, 2.75) is 39.7 Å². The molecule has 0 atom stereocenters. The van der Waals surface area contributed by atoms with Crippen LogP contribution in [-0.4, -0.2) is 49.1 Å². The van der Waals surface area contributed by atoms with E-state index in [1.165, 1.54) is 22.0 Å². The number of methoxy groups -OCH3 is 1. The standard InChI is InChI=1S/C24H34N4O.C3H4/c1-17-11-13-27(4)16-21-14-22(9-10-23(21)29-6)26-19(3)24-18(2)25-15-20(24)8-7-12-28(17)5;1-3-2/h9-10,14-15,25-26H,1-2,7-8,11-13,16H2,3-6H3;1H,2H3/b24-19-;. The van der Waals surface area contributed by atoms with Gasteiger partial charge in [0.1, 0.15) is 5.75 Å². The van der Waals surface area contributed by atoms with Gasteiger partial charge >= 0.3 is 0 Å². The number of nitrogens with zero attached hydrogens (tertiary/aromatic N) is 2. The molecule has 5 heteroatoms. The maximum Gasteiger partial charge on any atom is 0.123 e. The summed E-state index contributed by atoms with van der Waals surface area (Å²) in [5.41, 5.74) is 5.83. The highest BCUT2D eigenvalue weighted by atomic mass is 16.5. The Morgan fingerprint density at radius 2 is 1.84 bits per heavy atom. The summed E-state index contributed by atoms with van der Waals surface area (Å²) >= 11 is 0. The molecule has 2 heterocycles. The highest BCUT2D eigenvalue weighted by Gasteiger charge is 2.12. The second-order valence-electron chi connectivity index (χ2n) is 8.31. The van der Waals surface area contributed by atoms with E-state index in [1.807, 2.05) is 6.07 Å². The third kappa shape index (κ3) is 6.70. The number of H-pyrrole nitrogens is 1. The van der Waals surface area contributed by atoms with Crippen LogP contribution in [-0.2, 0) is 13.0 Å². The van der Waals surface area contributed by atoms with Crippen molar-refractivity contribution in [3.05, 3.63) is 58.4 Å². The monoisotopic (exact) mass is 434 g/mol. The fourth-order valence-electron chi connectivity index (χ4n) is 3.98. The first kappa shape index (κ1) is 25.2. The van der Waals surface area contributed by atoms with Crippen molar-refractivity contribution in [2.24, 2.45) is 0 Å². The summed E-state index contributed by atoms with van der Waals surface area (Å²) in [5, 5.41) is 5.73. The van der Waals surface area contributed by atoms with E-state index in [9.17, 15) is 0 Å². The first-order valence-electron chi connectivity index (χ1n) is 11.1. The number of aromatic nitrogens is 1. The van der Waals surface area contributed by atoms with E-state index in [0.29, 0.717) is 0 Å². The van der Waals surface area contributed by atoms with Gasteiger partial charge in [-0.25, -0.2) is 0 Å². The smallest absolute Gasteiger partial charge is 0.123 e. The molecule has 2 N–H and O–H groups in total. The molecule has 0 aliphatic carbocycles. The number of aryl methyl sites for hydroxylation is 1. The number of aromatic amines is 1. The summed E-state index contributed by atoms with van der Waals surface area (Å²) in [6.45, 7) is 15.1. The molecule has 172 valence electrons. The molecule has 2 bridgehead atoms. The van der Waals surface area contributed by atoms with Crippen LogP contribution in [0, 0.1) is 12.3 Å². The topological polar surface area (TPSA) is 43.5 Å². The lowest BCUT2D eigenvalue weighted by atomic mass is 10.1. The van der Waals surface area contributed by atoms with E-state index in [2.05, 4.69) is 85.0 Å². The van der Waals surface area contributed by atoms with Crippen molar-refractivity contribution < 1.29 is 4.74 Å². The average Bonchev–Trinajstić information content (AvgIpc) is 3.12. The summed E-state index contributed by atoms with van der Waals surface area (Å²) in [6.07, 6.45) is 9.73. The third-order valence-corrected chi connectivity index (χ3v) is 5.73. The van der Waals surface area contributed by atoms with Gasteiger partial charge in [-0.15, -0.1) is 12.3 Å². The van der Waals surface area contributed by atoms with Gasteiger partial charge in [-0.2, -0.15) is 0 Å². The molecule has 2 aromatic rings. The number of fused-ring (bicyclic) bond motifs is 3. The molecule has 1 aromatic heterocycles. The second kappa shape index (κ2) is 12.1. The Labute approximate surface area is 193 Å². The lowest BCUT2D eigenvalue weighted by Gasteiger charge is -2.25. The predicted octanol–water partition coefficient (Wildman–Crippen LogP) is 3.53. The van der Waals surface area contributed by atoms with Crippen LogP contribution in [0.1, 0.15) is 37.8 Å². The normalized spacial score (nSPS) is 17.4. The largest absolute Gasteiger partial charge is 0.496 e. The molecule has 0 radical (unpaired) electrons. The zero-order valence-electron chi connectivity index (χ0n) is 20.3. The first-order valence-corrected chi connectivity index (χ1v) is 11.1. The third-order valence-electron chi connectivity index (χ3n) is 5.73. The number of hydrogen-bond donors (Lipinski definition) is 2. The van der Waals surface area contributed by atoms with Crippen molar-refractivity contribution in [3.63, 3.8) is 0 Å². The molecule has 1 aromatic carbocycles. The fraction of sp³-hybridized carbons (Fsp3) is 0.407. The number of benzene rings is 1. The summed E-state index contributed by atoms with van der Waals surface area (Å²) in [7, 11) is 6.02. The van der Waals surface area contributed by atoms with Gasteiger partial charge in [0, 0.05) is 66.1 Å². The number of terminal acetylenes is 1. The van der Waals surface area contributed by atoms with Crippen molar-refractivity contribution in [1.29, 1.82) is 0 Å². The molecule has 1 aliphatic rings. The molecule has 0 saturated heterocycles. The highest BCUT2D eigenvalue weighted by molar-refractivity contribution is 5.65. The van der Waals surface area contributed by atoms with Crippen molar-refractivity contribution in [3.8, 4) is 18.1 Å². The number of rotatable bonds is 1. The molecular formula is C27H38N4O. The highest BCUT2D eigenvalue weighted by Crippen LogP contribution is 2.25. The molecule has 5 nitrogen and oxygen atoms in total. The Bertz CT molecular complexity index is 1060. The molecule has 32 heavy (non-hydrogen) atoms. The SMILES string of the molecule is C#CC.C=C1CCN(C)Cc2cc(ccc2OC)N/C(C)=c2\c(c[nH]c2=C)CCCN1C. The van der Waals surface area contributed by atoms with E-state index in [0.717, 1.165) is 61.4 Å². The molecular weight excluding hydrogens is 396 g/mol. The summed E-state index contributed by atoms with van der Waals surface area (Å²) in [5.74, 6) is 3.16. The maximum atomic E-state index is 5.60. The van der Waals surface area contributed by atoms with Crippen LogP contribution in [0.4, 0.5) is 5.69 Å². The Morgan fingerprint density at radius 3 is 2.53 bits per heavy atom. The minimum atomic E-state index is 0.824. The van der Waals surface area contributed by atoms with Gasteiger partial charge in [-0.1, -0.05) is 13.2 Å². The molecule has 0 spiro atoms. The summed E-state index contributed by atoms with van der Waals surface area (Å²) < 4.78 is 5.60. The molecule has 0 unspecified atom stereocenters. The fourth-order valence-corrected chi connectivity index (χ4v) is 3.98.